The molecule has 0 saturated carbocycles. The molecule has 0 bridgehead atoms. The van der Waals surface area contributed by atoms with Crippen molar-refractivity contribution in [2.45, 2.75) is 51.0 Å². The van der Waals surface area contributed by atoms with E-state index in [0.717, 1.165) is 31.7 Å². The molecule has 1 fully saturated rings. The molecule has 0 unspecified atom stereocenters. The van der Waals surface area contributed by atoms with Crippen molar-refractivity contribution < 1.29 is 13.2 Å². The van der Waals surface area contributed by atoms with E-state index in [-0.39, 0.29) is 10.9 Å². The van der Waals surface area contributed by atoms with Crippen molar-refractivity contribution in [2.24, 2.45) is 5.92 Å². The van der Waals surface area contributed by atoms with Crippen LogP contribution in [0.5, 0.6) is 0 Å². The van der Waals surface area contributed by atoms with Crippen LogP contribution in [0, 0.1) is 5.92 Å². The number of hydrogen-bond acceptors (Lipinski definition) is 6. The second-order valence-corrected chi connectivity index (χ2v) is 9.82. The number of likely N-dealkylation sites (tertiary alicyclic amines) is 1. The van der Waals surface area contributed by atoms with E-state index in [1.54, 1.807) is 13.3 Å². The smallest absolute Gasteiger partial charge is 0.227 e. The summed E-state index contributed by atoms with van der Waals surface area (Å²) in [6.45, 7) is 7.79. The summed E-state index contributed by atoms with van der Waals surface area (Å²) in [5.74, 6) is 0.486. The Hall–Kier alpha value is -0.960. The number of ether oxygens (including phenoxy) is 1. The molecule has 7 nitrogen and oxygen atoms in total. The van der Waals surface area contributed by atoms with Gasteiger partial charge in [0.2, 0.25) is 15.0 Å². The highest BCUT2D eigenvalue weighted by molar-refractivity contribution is 7.91. The summed E-state index contributed by atoms with van der Waals surface area (Å²) >= 11 is 0. The van der Waals surface area contributed by atoms with Crippen LogP contribution in [-0.2, 0) is 27.7 Å². The van der Waals surface area contributed by atoms with Crippen LogP contribution < -0.4 is 0 Å². The van der Waals surface area contributed by atoms with Crippen LogP contribution in [0.4, 0.5) is 0 Å². The van der Waals surface area contributed by atoms with Crippen LogP contribution in [-0.4, -0.2) is 80.5 Å². The molecular weight excluding hydrogens is 352 g/mol. The Kier molecular flexibility index (Phi) is 7.63. The highest BCUT2D eigenvalue weighted by Gasteiger charge is 2.27. The van der Waals surface area contributed by atoms with Crippen molar-refractivity contribution >= 4 is 9.84 Å². The van der Waals surface area contributed by atoms with Gasteiger partial charge in [-0.1, -0.05) is 13.8 Å². The van der Waals surface area contributed by atoms with Gasteiger partial charge < -0.3 is 14.2 Å². The summed E-state index contributed by atoms with van der Waals surface area (Å²) < 4.78 is 32.6. The Morgan fingerprint density at radius 3 is 2.69 bits per heavy atom. The molecule has 0 amide bonds. The summed E-state index contributed by atoms with van der Waals surface area (Å²) in [7, 11) is 2.46. The molecule has 150 valence electrons. The Balaban J connectivity index is 2.18. The fraction of sp³-hybridized carbons (Fsp3) is 0.833. The molecule has 0 N–H and O–H groups in total. The molecule has 0 aromatic carbocycles. The summed E-state index contributed by atoms with van der Waals surface area (Å²) in [5, 5.41) is 0.188. The van der Waals surface area contributed by atoms with E-state index < -0.39 is 9.84 Å². The maximum Gasteiger partial charge on any atom is 0.227 e. The molecule has 2 rings (SSSR count). The third kappa shape index (κ3) is 5.52. The van der Waals surface area contributed by atoms with E-state index >= 15 is 0 Å². The van der Waals surface area contributed by atoms with E-state index in [9.17, 15) is 8.42 Å². The predicted molar refractivity (Wildman–Crippen MR) is 103 cm³/mol. The molecule has 0 spiro atoms. The minimum absolute atomic E-state index is 0.139. The molecule has 1 saturated heterocycles. The van der Waals surface area contributed by atoms with Crippen molar-refractivity contribution in [3.63, 3.8) is 0 Å². The van der Waals surface area contributed by atoms with Gasteiger partial charge in [-0.15, -0.1) is 0 Å². The second-order valence-electron chi connectivity index (χ2n) is 7.82. The Bertz CT molecular complexity index is 670. The van der Waals surface area contributed by atoms with Crippen LogP contribution >= 0.6 is 0 Å². The first-order valence-electron chi connectivity index (χ1n) is 9.39. The van der Waals surface area contributed by atoms with Gasteiger partial charge in [0, 0.05) is 39.3 Å². The van der Waals surface area contributed by atoms with E-state index in [1.165, 1.54) is 0 Å². The number of rotatable bonds is 10. The third-order valence-corrected chi connectivity index (χ3v) is 6.68. The normalized spacial score (nSPS) is 19.1. The van der Waals surface area contributed by atoms with E-state index in [2.05, 4.69) is 28.9 Å². The maximum atomic E-state index is 12.8. The van der Waals surface area contributed by atoms with E-state index in [1.807, 2.05) is 18.4 Å². The van der Waals surface area contributed by atoms with Gasteiger partial charge in [-0.05, 0) is 32.9 Å². The van der Waals surface area contributed by atoms with Crippen LogP contribution in [0.15, 0.2) is 11.4 Å². The lowest BCUT2D eigenvalue weighted by atomic mass is 10.2. The summed E-state index contributed by atoms with van der Waals surface area (Å²) in [6, 6.07) is 0.555. The fourth-order valence-corrected chi connectivity index (χ4v) is 5.00. The Labute approximate surface area is 158 Å². The number of sulfone groups is 1. The highest BCUT2D eigenvalue weighted by Crippen LogP contribution is 2.20. The van der Waals surface area contributed by atoms with E-state index in [4.69, 9.17) is 4.74 Å². The van der Waals surface area contributed by atoms with Gasteiger partial charge in [0.1, 0.15) is 0 Å². The number of likely N-dealkylation sites (N-methyl/N-ethyl adjacent to an activating group) is 1. The molecule has 2 heterocycles. The van der Waals surface area contributed by atoms with Gasteiger partial charge in [0.15, 0.2) is 0 Å². The van der Waals surface area contributed by atoms with Crippen molar-refractivity contribution in [1.29, 1.82) is 0 Å². The SMILES string of the molecule is COCCn1c(CN2CC[C@H](N(C)C)C2)cnc1S(=O)(=O)CCC(C)C. The molecule has 0 aliphatic carbocycles. The number of hydrogen-bond donors (Lipinski definition) is 0. The van der Waals surface area contributed by atoms with Crippen LogP contribution in [0.25, 0.3) is 0 Å². The number of methoxy groups -OCH3 is 1. The first-order valence-corrected chi connectivity index (χ1v) is 11.0. The predicted octanol–water partition coefficient (Wildman–Crippen LogP) is 1.49. The lowest BCUT2D eigenvalue weighted by molar-refractivity contribution is 0.181. The van der Waals surface area contributed by atoms with Crippen molar-refractivity contribution in [3.05, 3.63) is 11.9 Å². The fourth-order valence-electron chi connectivity index (χ4n) is 3.28. The second kappa shape index (κ2) is 9.30. The molecule has 1 aliphatic rings. The summed E-state index contributed by atoms with van der Waals surface area (Å²) in [4.78, 5) is 8.92. The largest absolute Gasteiger partial charge is 0.383 e. The third-order valence-electron chi connectivity index (χ3n) is 5.03. The van der Waals surface area contributed by atoms with E-state index in [0.29, 0.717) is 31.5 Å². The molecule has 1 aliphatic heterocycles. The average molecular weight is 387 g/mol. The lowest BCUT2D eigenvalue weighted by Crippen LogP contribution is -2.31. The van der Waals surface area contributed by atoms with Crippen molar-refractivity contribution in [3.8, 4) is 0 Å². The molecule has 1 aromatic rings. The standard InChI is InChI=1S/C18H34N4O3S/c1-15(2)7-11-26(23,24)18-19-12-17(22(18)9-10-25-5)14-21-8-6-16(13-21)20(3)4/h12,15-16H,6-11,13-14H2,1-5H3/t16-/m0/s1. The van der Waals surface area contributed by atoms with Gasteiger partial charge >= 0.3 is 0 Å². The number of imidazole rings is 1. The van der Waals surface area contributed by atoms with Gasteiger partial charge in [0.05, 0.1) is 24.3 Å². The molecular formula is C18H34N4O3S. The molecule has 26 heavy (non-hydrogen) atoms. The van der Waals surface area contributed by atoms with Gasteiger partial charge in [-0.25, -0.2) is 13.4 Å². The van der Waals surface area contributed by atoms with Crippen LogP contribution in [0.1, 0.15) is 32.4 Å². The van der Waals surface area contributed by atoms with Crippen LogP contribution in [0.3, 0.4) is 0 Å². The average Bonchev–Trinajstić information content (AvgIpc) is 3.19. The number of nitrogens with zero attached hydrogens (tertiary/aromatic N) is 4. The zero-order valence-corrected chi connectivity index (χ0v) is 17.6. The molecule has 8 heteroatoms. The van der Waals surface area contributed by atoms with Gasteiger partial charge in [-0.2, -0.15) is 0 Å². The molecule has 1 atom stereocenters. The lowest BCUT2D eigenvalue weighted by Gasteiger charge is -2.21. The van der Waals surface area contributed by atoms with Crippen molar-refractivity contribution in [2.75, 3.05) is 46.7 Å². The minimum atomic E-state index is -3.38. The van der Waals surface area contributed by atoms with Crippen molar-refractivity contribution in [1.82, 2.24) is 19.4 Å². The maximum absolute atomic E-state index is 12.8. The van der Waals surface area contributed by atoms with Gasteiger partial charge in [0.25, 0.3) is 0 Å². The molecule has 1 aromatic heterocycles. The zero-order valence-electron chi connectivity index (χ0n) is 16.8. The highest BCUT2D eigenvalue weighted by atomic mass is 32.2. The minimum Gasteiger partial charge on any atom is -0.383 e. The molecule has 0 radical (unpaired) electrons. The monoisotopic (exact) mass is 386 g/mol. The quantitative estimate of drug-likeness (QED) is 0.607. The zero-order chi connectivity index (χ0) is 19.3. The Morgan fingerprint density at radius 2 is 2.12 bits per heavy atom. The number of aromatic nitrogens is 2. The van der Waals surface area contributed by atoms with Crippen LogP contribution in [0.2, 0.25) is 0 Å². The first kappa shape index (κ1) is 21.3. The topological polar surface area (TPSA) is 67.7 Å². The van der Waals surface area contributed by atoms with Gasteiger partial charge in [-0.3, -0.25) is 4.90 Å². The Morgan fingerprint density at radius 1 is 1.38 bits per heavy atom. The first-order chi connectivity index (χ1) is 12.2. The summed E-state index contributed by atoms with van der Waals surface area (Å²) in [5.41, 5.74) is 0.949. The summed E-state index contributed by atoms with van der Waals surface area (Å²) in [6.07, 6.45) is 3.51.